The number of aromatic nitrogens is 3. The van der Waals surface area contributed by atoms with Gasteiger partial charge in [0.1, 0.15) is 0 Å². The Morgan fingerprint density at radius 1 is 1.11 bits per heavy atom. The largest absolute Gasteiger partial charge is 0.481 e. The van der Waals surface area contributed by atoms with Crippen LogP contribution < -0.4 is 4.90 Å². The number of hydrogen-bond acceptors (Lipinski definition) is 6. The van der Waals surface area contributed by atoms with E-state index in [1.54, 1.807) is 11.3 Å². The molecule has 0 unspecified atom stereocenters. The summed E-state index contributed by atoms with van der Waals surface area (Å²) in [6, 6.07) is 4.23. The van der Waals surface area contributed by atoms with Crippen molar-refractivity contribution in [2.45, 2.75) is 45.1 Å². The van der Waals surface area contributed by atoms with Gasteiger partial charge in [-0.2, -0.15) is 0 Å². The zero-order valence-electron chi connectivity index (χ0n) is 15.6. The van der Waals surface area contributed by atoms with Gasteiger partial charge in [-0.05, 0) is 50.9 Å². The van der Waals surface area contributed by atoms with E-state index in [0.29, 0.717) is 6.54 Å². The number of aliphatic carboxylic acids is 1. The van der Waals surface area contributed by atoms with E-state index in [0.717, 1.165) is 49.3 Å². The number of hydrogen-bond donors (Lipinski definition) is 1. The number of carboxylic acids is 1. The highest BCUT2D eigenvalue weighted by Gasteiger charge is 2.27. The molecule has 0 amide bonds. The molecule has 1 N–H and O–H groups in total. The predicted octanol–water partition coefficient (Wildman–Crippen LogP) is 3.01. The fourth-order valence-electron chi connectivity index (χ4n) is 4.04. The van der Waals surface area contributed by atoms with Crippen LogP contribution in [0.4, 0.5) is 5.13 Å². The van der Waals surface area contributed by atoms with Crippen molar-refractivity contribution < 1.29 is 9.90 Å². The normalized spacial score (nSPS) is 21.9. The maximum Gasteiger partial charge on any atom is 0.308 e. The van der Waals surface area contributed by atoms with Gasteiger partial charge in [-0.3, -0.25) is 14.3 Å². The lowest BCUT2D eigenvalue weighted by Gasteiger charge is -2.29. The van der Waals surface area contributed by atoms with Crippen molar-refractivity contribution in [2.75, 3.05) is 31.1 Å². The van der Waals surface area contributed by atoms with Crippen molar-refractivity contribution in [1.82, 2.24) is 19.7 Å². The lowest BCUT2D eigenvalue weighted by atomic mass is 9.99. The summed E-state index contributed by atoms with van der Waals surface area (Å²) in [5.41, 5.74) is 1.24. The van der Waals surface area contributed by atoms with E-state index < -0.39 is 5.97 Å². The summed E-state index contributed by atoms with van der Waals surface area (Å²) in [4.78, 5) is 15.9. The van der Waals surface area contributed by atoms with Crippen molar-refractivity contribution in [2.24, 2.45) is 5.92 Å². The highest BCUT2D eigenvalue weighted by atomic mass is 32.1. The number of piperidine rings is 1. The van der Waals surface area contributed by atoms with Gasteiger partial charge in [0.05, 0.1) is 5.92 Å². The van der Waals surface area contributed by atoms with Crippen molar-refractivity contribution in [3.8, 4) is 5.13 Å². The van der Waals surface area contributed by atoms with Crippen LogP contribution in [0.25, 0.3) is 5.13 Å². The number of likely N-dealkylation sites (tertiary alicyclic amines) is 1. The molecule has 2 aromatic rings. The average Bonchev–Trinajstić information content (AvgIpc) is 3.26. The van der Waals surface area contributed by atoms with Crippen molar-refractivity contribution >= 4 is 22.4 Å². The SMILES string of the molecule is O=C(O)[C@H]1CCCN(c2nnc(-n3cccc3CN3CCCCCC3)s2)C1. The molecule has 0 saturated carbocycles. The molecule has 4 heterocycles. The lowest BCUT2D eigenvalue weighted by molar-refractivity contribution is -0.141. The molecular formula is C19H27N5O2S. The van der Waals surface area contributed by atoms with Crippen LogP contribution in [0.1, 0.15) is 44.2 Å². The van der Waals surface area contributed by atoms with Crippen LogP contribution in [0, 0.1) is 5.92 Å². The standard InChI is InChI=1S/C19H27N5O2S/c25-17(26)15-7-5-11-23(13-15)18-20-21-19(27-18)24-12-6-8-16(24)14-22-9-3-1-2-4-10-22/h6,8,12,15H,1-5,7,9-11,13-14H2,(H,25,26)/t15-/m0/s1. The van der Waals surface area contributed by atoms with Gasteiger partial charge < -0.3 is 10.0 Å². The summed E-state index contributed by atoms with van der Waals surface area (Å²) >= 11 is 1.55. The quantitative estimate of drug-likeness (QED) is 0.847. The summed E-state index contributed by atoms with van der Waals surface area (Å²) in [5, 5.41) is 19.7. The molecule has 146 valence electrons. The number of carbonyl (C=O) groups is 1. The molecule has 2 aromatic heterocycles. The molecule has 0 radical (unpaired) electrons. The van der Waals surface area contributed by atoms with E-state index >= 15 is 0 Å². The van der Waals surface area contributed by atoms with Gasteiger partial charge in [-0.25, -0.2) is 0 Å². The fourth-order valence-corrected chi connectivity index (χ4v) is 4.94. The van der Waals surface area contributed by atoms with E-state index in [1.807, 2.05) is 6.20 Å². The van der Waals surface area contributed by atoms with Crippen LogP contribution in [0.3, 0.4) is 0 Å². The van der Waals surface area contributed by atoms with E-state index in [1.165, 1.54) is 31.4 Å². The minimum Gasteiger partial charge on any atom is -0.481 e. The highest BCUT2D eigenvalue weighted by Crippen LogP contribution is 2.29. The predicted molar refractivity (Wildman–Crippen MR) is 106 cm³/mol. The molecule has 2 fully saturated rings. The number of rotatable bonds is 5. The summed E-state index contributed by atoms with van der Waals surface area (Å²) < 4.78 is 2.13. The first-order valence-electron chi connectivity index (χ1n) is 9.91. The van der Waals surface area contributed by atoms with Crippen molar-refractivity contribution in [1.29, 1.82) is 0 Å². The second-order valence-corrected chi connectivity index (χ2v) is 8.48. The van der Waals surface area contributed by atoms with Gasteiger partial charge in [0.15, 0.2) is 0 Å². The van der Waals surface area contributed by atoms with Gasteiger partial charge in [0.25, 0.3) is 0 Å². The first kappa shape index (κ1) is 18.4. The fraction of sp³-hybridized carbons (Fsp3) is 0.632. The third-order valence-electron chi connectivity index (χ3n) is 5.57. The van der Waals surface area contributed by atoms with E-state index in [-0.39, 0.29) is 5.92 Å². The van der Waals surface area contributed by atoms with Crippen molar-refractivity contribution in [3.63, 3.8) is 0 Å². The minimum absolute atomic E-state index is 0.309. The Kier molecular flexibility index (Phi) is 5.73. The first-order valence-corrected chi connectivity index (χ1v) is 10.7. The Bertz CT molecular complexity index is 766. The monoisotopic (exact) mass is 389 g/mol. The Morgan fingerprint density at radius 2 is 1.89 bits per heavy atom. The molecular weight excluding hydrogens is 362 g/mol. The van der Waals surface area contributed by atoms with Crippen molar-refractivity contribution in [3.05, 3.63) is 24.0 Å². The lowest BCUT2D eigenvalue weighted by Crippen LogP contribution is -2.38. The summed E-state index contributed by atoms with van der Waals surface area (Å²) in [7, 11) is 0. The van der Waals surface area contributed by atoms with Gasteiger partial charge in [0, 0.05) is 31.5 Å². The Morgan fingerprint density at radius 3 is 2.67 bits per heavy atom. The molecule has 0 aromatic carbocycles. The Hall–Kier alpha value is -1.93. The third-order valence-corrected chi connectivity index (χ3v) is 6.55. The molecule has 4 rings (SSSR count). The zero-order chi connectivity index (χ0) is 18.6. The molecule has 8 heteroatoms. The summed E-state index contributed by atoms with van der Waals surface area (Å²) in [6.07, 6.45) is 8.92. The number of anilines is 1. The Balaban J connectivity index is 1.47. The Labute approximate surface area is 163 Å². The van der Waals surface area contributed by atoms with E-state index in [4.69, 9.17) is 0 Å². The maximum absolute atomic E-state index is 11.3. The third kappa shape index (κ3) is 4.32. The van der Waals surface area contributed by atoms with Crippen LogP contribution in [0.2, 0.25) is 0 Å². The molecule has 0 bridgehead atoms. The average molecular weight is 390 g/mol. The van der Waals surface area contributed by atoms with Crippen LogP contribution in [0.5, 0.6) is 0 Å². The van der Waals surface area contributed by atoms with Gasteiger partial charge in [-0.1, -0.05) is 24.2 Å². The number of nitrogens with zero attached hydrogens (tertiary/aromatic N) is 5. The minimum atomic E-state index is -0.713. The first-order chi connectivity index (χ1) is 13.2. The summed E-state index contributed by atoms with van der Waals surface area (Å²) in [6.45, 7) is 4.64. The molecule has 1 atom stereocenters. The van der Waals surface area contributed by atoms with Gasteiger partial charge in [0.2, 0.25) is 10.3 Å². The van der Waals surface area contributed by atoms with Crippen LogP contribution in [0.15, 0.2) is 18.3 Å². The molecule has 27 heavy (non-hydrogen) atoms. The van der Waals surface area contributed by atoms with Crippen LogP contribution in [-0.2, 0) is 11.3 Å². The molecule has 2 saturated heterocycles. The highest BCUT2D eigenvalue weighted by molar-refractivity contribution is 7.17. The summed E-state index contributed by atoms with van der Waals surface area (Å²) in [5.74, 6) is -1.02. The van der Waals surface area contributed by atoms with Gasteiger partial charge >= 0.3 is 5.97 Å². The number of carboxylic acid groups (broad SMARTS) is 1. The van der Waals surface area contributed by atoms with Crippen LogP contribution >= 0.6 is 11.3 Å². The van der Waals surface area contributed by atoms with E-state index in [2.05, 4.69) is 36.7 Å². The molecule has 2 aliphatic heterocycles. The second-order valence-electron chi connectivity index (χ2n) is 7.55. The molecule has 7 nitrogen and oxygen atoms in total. The van der Waals surface area contributed by atoms with E-state index in [9.17, 15) is 9.90 Å². The smallest absolute Gasteiger partial charge is 0.308 e. The molecule has 2 aliphatic rings. The topological polar surface area (TPSA) is 74.5 Å². The zero-order valence-corrected chi connectivity index (χ0v) is 16.4. The van der Waals surface area contributed by atoms with Gasteiger partial charge in [-0.15, -0.1) is 10.2 Å². The molecule has 0 spiro atoms. The maximum atomic E-state index is 11.3. The van der Waals surface area contributed by atoms with Crippen LogP contribution in [-0.4, -0.2) is 56.9 Å². The second kappa shape index (κ2) is 8.39. The molecule has 0 aliphatic carbocycles.